The predicted molar refractivity (Wildman–Crippen MR) is 103 cm³/mol. The van der Waals surface area contributed by atoms with Gasteiger partial charge in [-0.2, -0.15) is 4.31 Å². The van der Waals surface area contributed by atoms with Gasteiger partial charge in [0.25, 0.3) is 0 Å². The molecule has 146 valence electrons. The highest BCUT2D eigenvalue weighted by Crippen LogP contribution is 2.27. The van der Waals surface area contributed by atoms with E-state index in [-0.39, 0.29) is 10.8 Å². The lowest BCUT2D eigenvalue weighted by atomic mass is 10.2. The Morgan fingerprint density at radius 3 is 2.74 bits per heavy atom. The van der Waals surface area contributed by atoms with E-state index in [9.17, 15) is 13.2 Å². The monoisotopic (exact) mass is 409 g/mol. The second-order valence-electron chi connectivity index (χ2n) is 6.35. The van der Waals surface area contributed by atoms with Gasteiger partial charge < -0.3 is 10.1 Å². The van der Waals surface area contributed by atoms with Gasteiger partial charge in [-0.25, -0.2) is 13.4 Å². The summed E-state index contributed by atoms with van der Waals surface area (Å²) in [5.41, 5.74) is 0.937. The summed E-state index contributed by atoms with van der Waals surface area (Å²) in [4.78, 5) is 17.1. The van der Waals surface area contributed by atoms with Crippen LogP contribution in [0.15, 0.2) is 34.5 Å². The van der Waals surface area contributed by atoms with Gasteiger partial charge >= 0.3 is 0 Å². The Kier molecular flexibility index (Phi) is 6.13. The highest BCUT2D eigenvalue weighted by molar-refractivity contribution is 7.89. The van der Waals surface area contributed by atoms with Gasteiger partial charge in [0.05, 0.1) is 22.7 Å². The molecular weight excluding hydrogens is 386 g/mol. The Hall–Kier alpha value is -1.97. The number of sulfonamides is 1. The van der Waals surface area contributed by atoms with Crippen molar-refractivity contribution in [3.63, 3.8) is 0 Å². The number of benzene rings is 1. The van der Waals surface area contributed by atoms with Crippen LogP contribution in [0.2, 0.25) is 0 Å². The lowest BCUT2D eigenvalue weighted by Crippen LogP contribution is -2.46. The van der Waals surface area contributed by atoms with Crippen molar-refractivity contribution in [1.82, 2.24) is 14.6 Å². The SMILES string of the molecule is COc1ccc(S(=O)(=O)N2CCCC2C(=O)NCCc2csc(C)n2)cc1. The van der Waals surface area contributed by atoms with Crippen LogP contribution in [0, 0.1) is 6.92 Å². The van der Waals surface area contributed by atoms with Crippen molar-refractivity contribution >= 4 is 27.3 Å². The van der Waals surface area contributed by atoms with Crippen molar-refractivity contribution in [2.24, 2.45) is 0 Å². The molecule has 1 aromatic heterocycles. The zero-order chi connectivity index (χ0) is 19.4. The zero-order valence-corrected chi connectivity index (χ0v) is 17.0. The van der Waals surface area contributed by atoms with Crippen molar-refractivity contribution in [2.45, 2.75) is 37.1 Å². The number of ether oxygens (including phenoxy) is 1. The molecule has 0 aliphatic carbocycles. The maximum atomic E-state index is 12.9. The molecule has 1 saturated heterocycles. The third-order valence-corrected chi connectivity index (χ3v) is 7.26. The number of methoxy groups -OCH3 is 1. The van der Waals surface area contributed by atoms with Gasteiger partial charge in [-0.3, -0.25) is 4.79 Å². The first-order chi connectivity index (χ1) is 12.9. The molecule has 2 heterocycles. The van der Waals surface area contributed by atoms with E-state index in [1.54, 1.807) is 23.5 Å². The molecule has 9 heteroatoms. The summed E-state index contributed by atoms with van der Waals surface area (Å²) in [5.74, 6) is 0.332. The Balaban J connectivity index is 1.65. The second kappa shape index (κ2) is 8.37. The fourth-order valence-electron chi connectivity index (χ4n) is 3.13. The number of nitrogens with zero attached hydrogens (tertiary/aromatic N) is 2. The third-order valence-electron chi connectivity index (χ3n) is 4.52. The van der Waals surface area contributed by atoms with Crippen molar-refractivity contribution < 1.29 is 17.9 Å². The number of carbonyl (C=O) groups excluding carboxylic acids is 1. The average molecular weight is 410 g/mol. The van der Waals surface area contributed by atoms with Crippen molar-refractivity contribution in [2.75, 3.05) is 20.2 Å². The minimum absolute atomic E-state index is 0.168. The molecule has 0 saturated carbocycles. The number of thiazole rings is 1. The topological polar surface area (TPSA) is 88.6 Å². The van der Waals surface area contributed by atoms with Crippen LogP contribution in [0.1, 0.15) is 23.5 Å². The molecule has 27 heavy (non-hydrogen) atoms. The maximum absolute atomic E-state index is 12.9. The van der Waals surface area contributed by atoms with E-state index in [4.69, 9.17) is 4.74 Å². The fraction of sp³-hybridized carbons (Fsp3) is 0.444. The van der Waals surface area contributed by atoms with Crippen LogP contribution < -0.4 is 10.1 Å². The predicted octanol–water partition coefficient (Wildman–Crippen LogP) is 1.97. The van der Waals surface area contributed by atoms with Crippen LogP contribution >= 0.6 is 11.3 Å². The molecule has 7 nitrogen and oxygen atoms in total. The van der Waals surface area contributed by atoms with Crippen LogP contribution in [0.4, 0.5) is 0 Å². The number of carbonyl (C=O) groups is 1. The van der Waals surface area contributed by atoms with E-state index >= 15 is 0 Å². The van der Waals surface area contributed by atoms with Gasteiger partial charge in [-0.1, -0.05) is 0 Å². The highest BCUT2D eigenvalue weighted by Gasteiger charge is 2.39. The number of hydrogen-bond donors (Lipinski definition) is 1. The summed E-state index contributed by atoms with van der Waals surface area (Å²) >= 11 is 1.57. The quantitative estimate of drug-likeness (QED) is 0.755. The van der Waals surface area contributed by atoms with Crippen LogP contribution in [0.5, 0.6) is 5.75 Å². The molecule has 0 spiro atoms. The molecule has 2 aromatic rings. The maximum Gasteiger partial charge on any atom is 0.243 e. The molecule has 1 fully saturated rings. The van der Waals surface area contributed by atoms with Gasteiger partial charge in [0.2, 0.25) is 15.9 Å². The standard InChI is InChI=1S/C18H23N3O4S2/c1-13-20-14(12-26-13)9-10-19-18(22)17-4-3-11-21(17)27(23,24)16-7-5-15(25-2)6-8-16/h5-8,12,17H,3-4,9-11H2,1-2H3,(H,19,22). The smallest absolute Gasteiger partial charge is 0.243 e. The molecule has 1 aliphatic rings. The van der Waals surface area contributed by atoms with E-state index in [0.717, 1.165) is 10.7 Å². The molecule has 1 atom stereocenters. The van der Waals surface area contributed by atoms with E-state index in [1.807, 2.05) is 12.3 Å². The van der Waals surface area contributed by atoms with Gasteiger partial charge in [-0.05, 0) is 44.0 Å². The van der Waals surface area contributed by atoms with Gasteiger partial charge in [0.15, 0.2) is 0 Å². The lowest BCUT2D eigenvalue weighted by Gasteiger charge is -2.23. The number of amides is 1. The minimum Gasteiger partial charge on any atom is -0.497 e. The van der Waals surface area contributed by atoms with E-state index in [1.165, 1.54) is 23.5 Å². The summed E-state index contributed by atoms with van der Waals surface area (Å²) in [5, 5.41) is 5.81. The highest BCUT2D eigenvalue weighted by atomic mass is 32.2. The lowest BCUT2D eigenvalue weighted by molar-refractivity contribution is -0.124. The summed E-state index contributed by atoms with van der Waals surface area (Å²) in [6, 6.07) is 5.55. The number of hydrogen-bond acceptors (Lipinski definition) is 6. The molecule has 1 N–H and O–H groups in total. The largest absolute Gasteiger partial charge is 0.497 e. The van der Waals surface area contributed by atoms with Crippen LogP contribution in [-0.2, 0) is 21.2 Å². The first kappa shape index (κ1) is 19.8. The normalized spacial score (nSPS) is 17.8. The minimum atomic E-state index is -3.73. The molecule has 1 aliphatic heterocycles. The zero-order valence-electron chi connectivity index (χ0n) is 15.3. The van der Waals surface area contributed by atoms with Gasteiger partial charge in [0.1, 0.15) is 11.8 Å². The molecule has 0 radical (unpaired) electrons. The van der Waals surface area contributed by atoms with Crippen LogP contribution in [0.3, 0.4) is 0 Å². The summed E-state index contributed by atoms with van der Waals surface area (Å²) in [6.45, 7) is 2.72. The molecule has 0 bridgehead atoms. The molecule has 3 rings (SSSR count). The number of aryl methyl sites for hydroxylation is 1. The number of nitrogens with one attached hydrogen (secondary N) is 1. The third kappa shape index (κ3) is 4.48. The van der Waals surface area contributed by atoms with Crippen LogP contribution in [-0.4, -0.2) is 49.9 Å². The van der Waals surface area contributed by atoms with Gasteiger partial charge in [-0.15, -0.1) is 11.3 Å². The van der Waals surface area contributed by atoms with E-state index < -0.39 is 16.1 Å². The summed E-state index contributed by atoms with van der Waals surface area (Å²) in [6.07, 6.45) is 1.82. The second-order valence-corrected chi connectivity index (χ2v) is 9.30. The van der Waals surface area contributed by atoms with E-state index in [2.05, 4.69) is 10.3 Å². The summed E-state index contributed by atoms with van der Waals surface area (Å²) < 4.78 is 32.3. The van der Waals surface area contributed by atoms with Crippen molar-refractivity contribution in [1.29, 1.82) is 0 Å². The molecule has 1 amide bonds. The Labute approximate surface area is 163 Å². The molecular formula is C18H23N3O4S2. The summed E-state index contributed by atoms with van der Waals surface area (Å²) in [7, 11) is -2.20. The Morgan fingerprint density at radius 1 is 1.37 bits per heavy atom. The Bertz CT molecular complexity index is 894. The number of rotatable bonds is 7. The van der Waals surface area contributed by atoms with Crippen LogP contribution in [0.25, 0.3) is 0 Å². The molecule has 1 aromatic carbocycles. The Morgan fingerprint density at radius 2 is 2.11 bits per heavy atom. The first-order valence-corrected chi connectivity index (χ1v) is 11.1. The van der Waals surface area contributed by atoms with Gasteiger partial charge in [0, 0.05) is 24.9 Å². The fourth-order valence-corrected chi connectivity index (χ4v) is 5.43. The van der Waals surface area contributed by atoms with Crippen molar-refractivity contribution in [3.05, 3.63) is 40.3 Å². The van der Waals surface area contributed by atoms with E-state index in [0.29, 0.717) is 38.1 Å². The molecule has 1 unspecified atom stereocenters. The average Bonchev–Trinajstić information content (AvgIpc) is 3.31. The van der Waals surface area contributed by atoms with Crippen molar-refractivity contribution in [3.8, 4) is 5.75 Å². The number of aromatic nitrogens is 1. The first-order valence-electron chi connectivity index (χ1n) is 8.76.